The van der Waals surface area contributed by atoms with Crippen LogP contribution in [0.1, 0.15) is 54.4 Å². The summed E-state index contributed by atoms with van der Waals surface area (Å²) in [5.41, 5.74) is 4.24. The molecule has 3 aromatic carbocycles. The first kappa shape index (κ1) is 19.8. The van der Waals surface area contributed by atoms with E-state index >= 15 is 4.39 Å². The molecule has 150 valence electrons. The maximum Gasteiger partial charge on any atom is 0.137 e. The standard InChI is InChI=1S/C26H25F3/c1-2-3-4-17-5-7-18(8-6-17)20-11-14-23-21(15-20)16-24(28)25(26(23)29)19-9-12-22(27)13-10-19/h5-10,12-13,16,20H,2-4,11,14-15H2,1H3. The molecule has 0 aliphatic heterocycles. The van der Waals surface area contributed by atoms with Gasteiger partial charge in [-0.15, -0.1) is 0 Å². The SMILES string of the molecule is CCCCc1ccc(C2CCc3c(cc(F)c(-c4ccc(F)cc4)c3F)C2)cc1. The number of benzene rings is 3. The molecule has 0 amide bonds. The fraction of sp³-hybridized carbons (Fsp3) is 0.308. The summed E-state index contributed by atoms with van der Waals surface area (Å²) in [6.07, 6.45) is 5.52. The number of rotatable bonds is 5. The van der Waals surface area contributed by atoms with Gasteiger partial charge in [0, 0.05) is 0 Å². The first-order valence-corrected chi connectivity index (χ1v) is 10.4. The van der Waals surface area contributed by atoms with Crippen molar-refractivity contribution in [3.8, 4) is 11.1 Å². The van der Waals surface area contributed by atoms with E-state index < -0.39 is 17.5 Å². The molecular formula is C26H25F3. The van der Waals surface area contributed by atoms with E-state index in [0.29, 0.717) is 24.0 Å². The second-order valence-electron chi connectivity index (χ2n) is 7.98. The molecule has 0 heterocycles. The van der Waals surface area contributed by atoms with Gasteiger partial charge in [0.05, 0.1) is 5.56 Å². The maximum atomic E-state index is 15.2. The molecule has 29 heavy (non-hydrogen) atoms. The largest absolute Gasteiger partial charge is 0.207 e. The average molecular weight is 394 g/mol. The minimum absolute atomic E-state index is 0.0533. The quantitative estimate of drug-likeness (QED) is 0.423. The third-order valence-corrected chi connectivity index (χ3v) is 6.02. The molecule has 1 unspecified atom stereocenters. The van der Waals surface area contributed by atoms with E-state index in [2.05, 4.69) is 31.2 Å². The van der Waals surface area contributed by atoms with Gasteiger partial charge in [0.15, 0.2) is 0 Å². The third-order valence-electron chi connectivity index (χ3n) is 6.02. The minimum Gasteiger partial charge on any atom is -0.207 e. The van der Waals surface area contributed by atoms with Crippen molar-refractivity contribution in [1.29, 1.82) is 0 Å². The zero-order valence-electron chi connectivity index (χ0n) is 16.7. The normalized spacial score (nSPS) is 15.9. The number of halogens is 3. The van der Waals surface area contributed by atoms with E-state index in [1.165, 1.54) is 54.3 Å². The summed E-state index contributed by atoms with van der Waals surface area (Å²) in [7, 11) is 0. The number of hydrogen-bond acceptors (Lipinski definition) is 0. The van der Waals surface area contributed by atoms with E-state index in [1.54, 1.807) is 0 Å². The highest BCUT2D eigenvalue weighted by Crippen LogP contribution is 2.38. The second-order valence-corrected chi connectivity index (χ2v) is 7.98. The van der Waals surface area contributed by atoms with Gasteiger partial charge in [-0.25, -0.2) is 13.2 Å². The summed E-state index contributed by atoms with van der Waals surface area (Å²) in [5, 5.41) is 0. The molecule has 3 heteroatoms. The summed E-state index contributed by atoms with van der Waals surface area (Å²) < 4.78 is 43.1. The first-order valence-electron chi connectivity index (χ1n) is 10.4. The Kier molecular flexibility index (Phi) is 5.75. The molecule has 0 nitrogen and oxygen atoms in total. The molecule has 1 aliphatic carbocycles. The summed E-state index contributed by atoms with van der Waals surface area (Å²) in [6, 6.07) is 15.5. The van der Waals surface area contributed by atoms with Crippen LogP contribution >= 0.6 is 0 Å². The molecule has 0 spiro atoms. The summed E-state index contributed by atoms with van der Waals surface area (Å²) in [5.74, 6) is -1.22. The lowest BCUT2D eigenvalue weighted by Crippen LogP contribution is -2.15. The van der Waals surface area contributed by atoms with Gasteiger partial charge in [-0.1, -0.05) is 49.7 Å². The van der Waals surface area contributed by atoms with Crippen LogP contribution in [0.5, 0.6) is 0 Å². The second kappa shape index (κ2) is 8.44. The lowest BCUT2D eigenvalue weighted by molar-refractivity contribution is 0.526. The number of hydrogen-bond donors (Lipinski definition) is 0. The van der Waals surface area contributed by atoms with Crippen molar-refractivity contribution in [2.24, 2.45) is 0 Å². The molecule has 4 rings (SSSR count). The maximum absolute atomic E-state index is 15.2. The van der Waals surface area contributed by atoms with Gasteiger partial charge in [0.1, 0.15) is 17.5 Å². The van der Waals surface area contributed by atoms with E-state index in [0.717, 1.165) is 18.4 Å². The Labute approximate surface area is 170 Å². The smallest absolute Gasteiger partial charge is 0.137 e. The van der Waals surface area contributed by atoms with Crippen molar-refractivity contribution in [3.63, 3.8) is 0 Å². The Hall–Kier alpha value is -2.55. The van der Waals surface area contributed by atoms with Crippen molar-refractivity contribution in [2.75, 3.05) is 0 Å². The monoisotopic (exact) mass is 394 g/mol. The van der Waals surface area contributed by atoms with Crippen molar-refractivity contribution >= 4 is 0 Å². The molecule has 1 atom stereocenters. The van der Waals surface area contributed by atoms with Gasteiger partial charge < -0.3 is 0 Å². The van der Waals surface area contributed by atoms with Crippen molar-refractivity contribution in [1.82, 2.24) is 0 Å². The highest BCUT2D eigenvalue weighted by Gasteiger charge is 2.26. The van der Waals surface area contributed by atoms with Crippen LogP contribution in [-0.2, 0) is 19.3 Å². The van der Waals surface area contributed by atoms with Gasteiger partial charge in [0.25, 0.3) is 0 Å². The third kappa shape index (κ3) is 4.10. The molecule has 1 aliphatic rings. The summed E-state index contributed by atoms with van der Waals surface area (Å²) in [4.78, 5) is 0. The Morgan fingerprint density at radius 3 is 2.34 bits per heavy atom. The molecule has 0 radical (unpaired) electrons. The van der Waals surface area contributed by atoms with Crippen LogP contribution in [0.4, 0.5) is 13.2 Å². The predicted molar refractivity (Wildman–Crippen MR) is 112 cm³/mol. The molecule has 0 fully saturated rings. The van der Waals surface area contributed by atoms with Gasteiger partial charge in [-0.2, -0.15) is 0 Å². The van der Waals surface area contributed by atoms with Gasteiger partial charge in [-0.3, -0.25) is 0 Å². The van der Waals surface area contributed by atoms with E-state index in [4.69, 9.17) is 0 Å². The van der Waals surface area contributed by atoms with E-state index in [9.17, 15) is 8.78 Å². The molecule has 0 aromatic heterocycles. The van der Waals surface area contributed by atoms with Crippen molar-refractivity contribution in [2.45, 2.75) is 51.4 Å². The van der Waals surface area contributed by atoms with Crippen LogP contribution < -0.4 is 0 Å². The van der Waals surface area contributed by atoms with Crippen LogP contribution in [-0.4, -0.2) is 0 Å². The van der Waals surface area contributed by atoms with E-state index in [-0.39, 0.29) is 11.5 Å². The molecule has 0 saturated carbocycles. The number of aryl methyl sites for hydroxylation is 1. The zero-order valence-corrected chi connectivity index (χ0v) is 16.7. The summed E-state index contributed by atoms with van der Waals surface area (Å²) in [6.45, 7) is 2.19. The zero-order chi connectivity index (χ0) is 20.4. The highest BCUT2D eigenvalue weighted by atomic mass is 19.1. The van der Waals surface area contributed by atoms with Crippen LogP contribution in [0.2, 0.25) is 0 Å². The highest BCUT2D eigenvalue weighted by molar-refractivity contribution is 5.67. The Bertz CT molecular complexity index is 988. The van der Waals surface area contributed by atoms with Crippen molar-refractivity contribution < 1.29 is 13.2 Å². The number of fused-ring (bicyclic) bond motifs is 1. The Balaban J connectivity index is 1.59. The lowest BCUT2D eigenvalue weighted by atomic mass is 9.78. The first-order chi connectivity index (χ1) is 14.1. The van der Waals surface area contributed by atoms with Gasteiger partial charge in [-0.05, 0) is 84.0 Å². The molecular weight excluding hydrogens is 369 g/mol. The van der Waals surface area contributed by atoms with Gasteiger partial charge >= 0.3 is 0 Å². The molecule has 0 saturated heterocycles. The topological polar surface area (TPSA) is 0 Å². The van der Waals surface area contributed by atoms with E-state index in [1.807, 2.05) is 0 Å². The molecule has 3 aromatic rings. The molecule has 0 N–H and O–H groups in total. The predicted octanol–water partition coefficient (Wildman–Crippen LogP) is 7.39. The summed E-state index contributed by atoms with van der Waals surface area (Å²) >= 11 is 0. The van der Waals surface area contributed by atoms with Crippen LogP contribution in [0, 0.1) is 17.5 Å². The lowest BCUT2D eigenvalue weighted by Gasteiger charge is -2.26. The minimum atomic E-state index is -0.580. The Morgan fingerprint density at radius 1 is 0.931 bits per heavy atom. The molecule has 0 bridgehead atoms. The fourth-order valence-corrected chi connectivity index (χ4v) is 4.35. The Morgan fingerprint density at radius 2 is 1.66 bits per heavy atom. The van der Waals surface area contributed by atoms with Crippen LogP contribution in [0.25, 0.3) is 11.1 Å². The number of unbranched alkanes of at least 4 members (excludes halogenated alkanes) is 1. The van der Waals surface area contributed by atoms with Crippen molar-refractivity contribution in [3.05, 3.63) is 94.3 Å². The average Bonchev–Trinajstić information content (AvgIpc) is 2.73. The van der Waals surface area contributed by atoms with Crippen LogP contribution in [0.3, 0.4) is 0 Å². The van der Waals surface area contributed by atoms with Gasteiger partial charge in [0.2, 0.25) is 0 Å². The van der Waals surface area contributed by atoms with Crippen LogP contribution in [0.15, 0.2) is 54.6 Å². The fourth-order valence-electron chi connectivity index (χ4n) is 4.35.